The normalized spacial score (nSPS) is 11.8. The number of rotatable bonds is 7. The van der Waals surface area contributed by atoms with Crippen LogP contribution in [-0.2, 0) is 0 Å². The largest absolute Gasteiger partial charge is 0.366 e. The molecule has 1 atom stereocenters. The number of primary amides is 1. The van der Waals surface area contributed by atoms with E-state index in [1.54, 1.807) is 36.5 Å². The number of hydrogen-bond donors (Lipinski definition) is 3. The average Bonchev–Trinajstić information content (AvgIpc) is 2.74. The van der Waals surface area contributed by atoms with Gasteiger partial charge in [0, 0.05) is 34.6 Å². The molecule has 3 aromatic rings. The van der Waals surface area contributed by atoms with Gasteiger partial charge in [-0.1, -0.05) is 26.0 Å². The van der Waals surface area contributed by atoms with Crippen LogP contribution in [0, 0.1) is 12.8 Å². The highest BCUT2D eigenvalue weighted by Gasteiger charge is 2.13. The van der Waals surface area contributed by atoms with Crippen LogP contribution >= 0.6 is 0 Å². The summed E-state index contributed by atoms with van der Waals surface area (Å²) in [7, 11) is 0. The molecule has 4 N–H and O–H groups in total. The number of aromatic nitrogens is 2. The number of nitrogens with one attached hydrogen (secondary N) is 2. The van der Waals surface area contributed by atoms with Crippen molar-refractivity contribution in [3.63, 3.8) is 0 Å². The molecular weight excluding hydrogens is 390 g/mol. The Labute approximate surface area is 182 Å². The van der Waals surface area contributed by atoms with Crippen LogP contribution in [0.3, 0.4) is 0 Å². The van der Waals surface area contributed by atoms with Gasteiger partial charge >= 0.3 is 0 Å². The van der Waals surface area contributed by atoms with E-state index in [4.69, 9.17) is 5.73 Å². The van der Waals surface area contributed by atoms with Gasteiger partial charge in [0.2, 0.25) is 11.9 Å². The number of nitrogens with zero attached hydrogens (tertiary/aromatic N) is 2. The van der Waals surface area contributed by atoms with E-state index in [2.05, 4.69) is 34.4 Å². The van der Waals surface area contributed by atoms with Gasteiger partial charge < -0.3 is 16.4 Å². The fourth-order valence-electron chi connectivity index (χ4n) is 3.04. The van der Waals surface area contributed by atoms with Gasteiger partial charge in [0.25, 0.3) is 5.91 Å². The van der Waals surface area contributed by atoms with E-state index in [-0.39, 0.29) is 11.9 Å². The maximum Gasteiger partial charge on any atom is 0.251 e. The predicted molar refractivity (Wildman–Crippen MR) is 122 cm³/mol. The molecule has 0 radical (unpaired) electrons. The third-order valence-corrected chi connectivity index (χ3v) is 5.29. The Balaban J connectivity index is 1.77. The van der Waals surface area contributed by atoms with Crippen molar-refractivity contribution in [1.29, 1.82) is 0 Å². The summed E-state index contributed by atoms with van der Waals surface area (Å²) < 4.78 is 0. The zero-order valence-electron chi connectivity index (χ0n) is 18.1. The molecule has 160 valence electrons. The van der Waals surface area contributed by atoms with Crippen LogP contribution in [0.25, 0.3) is 11.3 Å². The molecule has 31 heavy (non-hydrogen) atoms. The quantitative estimate of drug-likeness (QED) is 0.537. The van der Waals surface area contributed by atoms with Crippen molar-refractivity contribution >= 4 is 23.5 Å². The highest BCUT2D eigenvalue weighted by molar-refractivity contribution is 5.96. The lowest BCUT2D eigenvalue weighted by atomic mass is 9.99. The first-order valence-electron chi connectivity index (χ1n) is 10.2. The second-order valence-electron chi connectivity index (χ2n) is 7.82. The van der Waals surface area contributed by atoms with Gasteiger partial charge in [-0.3, -0.25) is 9.59 Å². The molecule has 0 aliphatic heterocycles. The van der Waals surface area contributed by atoms with E-state index in [9.17, 15) is 9.59 Å². The monoisotopic (exact) mass is 417 g/mol. The smallest absolute Gasteiger partial charge is 0.251 e. The summed E-state index contributed by atoms with van der Waals surface area (Å²) in [6, 6.07) is 14.4. The molecule has 0 aliphatic rings. The number of benzene rings is 2. The molecule has 0 saturated carbocycles. The first-order chi connectivity index (χ1) is 14.8. The van der Waals surface area contributed by atoms with Crippen LogP contribution in [0.2, 0.25) is 0 Å². The highest BCUT2D eigenvalue weighted by Crippen LogP contribution is 2.25. The summed E-state index contributed by atoms with van der Waals surface area (Å²) >= 11 is 0. The minimum atomic E-state index is -0.473. The van der Waals surface area contributed by atoms with Gasteiger partial charge in [-0.25, -0.2) is 9.97 Å². The van der Waals surface area contributed by atoms with Crippen LogP contribution in [0.4, 0.5) is 11.6 Å². The summed E-state index contributed by atoms with van der Waals surface area (Å²) in [5.74, 6) is 0.197. The summed E-state index contributed by atoms with van der Waals surface area (Å²) in [4.78, 5) is 32.8. The van der Waals surface area contributed by atoms with Gasteiger partial charge in [0.15, 0.2) is 0 Å². The molecule has 2 amide bonds. The van der Waals surface area contributed by atoms with Gasteiger partial charge in [0.05, 0.1) is 5.69 Å². The lowest BCUT2D eigenvalue weighted by molar-refractivity contribution is 0.0929. The number of carbonyl (C=O) groups excluding carboxylic acids is 2. The van der Waals surface area contributed by atoms with Gasteiger partial charge in [-0.2, -0.15) is 0 Å². The third kappa shape index (κ3) is 5.25. The Morgan fingerprint density at radius 3 is 2.35 bits per heavy atom. The summed E-state index contributed by atoms with van der Waals surface area (Å²) in [6.07, 6.45) is 1.65. The standard InChI is InChI=1S/C24H27N5O2/c1-14(2)16(4)27-23(31)17-8-10-18(11-9-17)28-24-26-13-12-21(29-24)19-6-5-7-20(15(19)3)22(25)30/h5-14,16H,1-4H3,(H2,25,30)(H,27,31)(H,26,28,29). The van der Waals surface area contributed by atoms with E-state index in [0.29, 0.717) is 28.7 Å². The molecular formula is C24H27N5O2. The second-order valence-corrected chi connectivity index (χ2v) is 7.82. The minimum absolute atomic E-state index is 0.0953. The van der Waals surface area contributed by atoms with Gasteiger partial charge in [-0.05, 0) is 61.7 Å². The molecule has 1 aromatic heterocycles. The highest BCUT2D eigenvalue weighted by atomic mass is 16.2. The van der Waals surface area contributed by atoms with Crippen molar-refractivity contribution in [3.05, 3.63) is 71.4 Å². The molecule has 0 saturated heterocycles. The topological polar surface area (TPSA) is 110 Å². The average molecular weight is 418 g/mol. The molecule has 1 unspecified atom stereocenters. The molecule has 0 aliphatic carbocycles. The van der Waals surface area contributed by atoms with E-state index in [0.717, 1.165) is 16.8 Å². The summed E-state index contributed by atoms with van der Waals surface area (Å²) in [5.41, 5.74) is 9.53. The Hall–Kier alpha value is -3.74. The van der Waals surface area contributed by atoms with Crippen LogP contribution in [-0.4, -0.2) is 27.8 Å². The molecule has 2 aromatic carbocycles. The lowest BCUT2D eigenvalue weighted by Gasteiger charge is -2.17. The zero-order valence-corrected chi connectivity index (χ0v) is 18.1. The van der Waals surface area contributed by atoms with Crippen LogP contribution < -0.4 is 16.4 Å². The first kappa shape index (κ1) is 22.0. The Bertz CT molecular complexity index is 1090. The van der Waals surface area contributed by atoms with Crippen molar-refractivity contribution < 1.29 is 9.59 Å². The number of nitrogens with two attached hydrogens (primary N) is 1. The molecule has 0 spiro atoms. The molecule has 0 fully saturated rings. The first-order valence-corrected chi connectivity index (χ1v) is 10.2. The molecule has 0 bridgehead atoms. The summed E-state index contributed by atoms with van der Waals surface area (Å²) in [5, 5.41) is 6.14. The number of carbonyl (C=O) groups is 2. The van der Waals surface area contributed by atoms with Crippen molar-refractivity contribution in [1.82, 2.24) is 15.3 Å². The van der Waals surface area contributed by atoms with Crippen molar-refractivity contribution in [2.75, 3.05) is 5.32 Å². The van der Waals surface area contributed by atoms with Crippen molar-refractivity contribution in [2.45, 2.75) is 33.7 Å². The van der Waals surface area contributed by atoms with E-state index in [1.165, 1.54) is 0 Å². The molecule has 1 heterocycles. The second kappa shape index (κ2) is 9.38. The van der Waals surface area contributed by atoms with Crippen molar-refractivity contribution in [2.24, 2.45) is 11.7 Å². The van der Waals surface area contributed by atoms with Crippen LogP contribution in [0.1, 0.15) is 47.1 Å². The fraction of sp³-hybridized carbons (Fsp3) is 0.250. The Morgan fingerprint density at radius 2 is 1.71 bits per heavy atom. The Kier molecular flexibility index (Phi) is 6.65. The zero-order chi connectivity index (χ0) is 22.5. The van der Waals surface area contributed by atoms with Gasteiger partial charge in [0.1, 0.15) is 0 Å². The number of anilines is 2. The SMILES string of the molecule is Cc1c(C(N)=O)cccc1-c1ccnc(Nc2ccc(C(=O)NC(C)C(C)C)cc2)n1. The van der Waals surface area contributed by atoms with E-state index in [1.807, 2.05) is 32.0 Å². The molecule has 7 heteroatoms. The van der Waals surface area contributed by atoms with Gasteiger partial charge in [-0.15, -0.1) is 0 Å². The lowest BCUT2D eigenvalue weighted by Crippen LogP contribution is -2.36. The molecule has 3 rings (SSSR count). The number of hydrogen-bond acceptors (Lipinski definition) is 5. The maximum atomic E-state index is 12.3. The number of amides is 2. The summed E-state index contributed by atoms with van der Waals surface area (Å²) in [6.45, 7) is 7.97. The maximum absolute atomic E-state index is 12.3. The van der Waals surface area contributed by atoms with Crippen molar-refractivity contribution in [3.8, 4) is 11.3 Å². The molecule has 7 nitrogen and oxygen atoms in total. The fourth-order valence-corrected chi connectivity index (χ4v) is 3.04. The van der Waals surface area contributed by atoms with E-state index < -0.39 is 5.91 Å². The van der Waals surface area contributed by atoms with E-state index >= 15 is 0 Å². The van der Waals surface area contributed by atoms with Crippen LogP contribution in [0.15, 0.2) is 54.7 Å². The predicted octanol–water partition coefficient (Wildman–Crippen LogP) is 4.07. The minimum Gasteiger partial charge on any atom is -0.366 e. The Morgan fingerprint density at radius 1 is 1.00 bits per heavy atom. The third-order valence-electron chi connectivity index (χ3n) is 5.29. The van der Waals surface area contributed by atoms with Crippen LogP contribution in [0.5, 0.6) is 0 Å².